The van der Waals surface area contributed by atoms with E-state index in [1.165, 1.54) is 33.3 Å². The van der Waals surface area contributed by atoms with Gasteiger partial charge in [-0.15, -0.1) is 0 Å². The number of carbonyl (C=O) groups is 1. The average molecular weight is 299 g/mol. The molecule has 2 nitrogen and oxygen atoms in total. The van der Waals surface area contributed by atoms with Crippen molar-refractivity contribution in [1.82, 2.24) is 4.98 Å². The minimum Gasteiger partial charge on any atom is -0.358 e. The van der Waals surface area contributed by atoms with Gasteiger partial charge in [0.2, 0.25) is 0 Å². The number of Topliss-reactive ketones (excluding diaryl/α,β-unsaturated/α-hetero) is 1. The van der Waals surface area contributed by atoms with Crippen molar-refractivity contribution in [3.05, 3.63) is 34.5 Å². The highest BCUT2D eigenvalue weighted by atomic mass is 16.1. The Labute approximate surface area is 134 Å². The number of aromatic amines is 1. The van der Waals surface area contributed by atoms with E-state index in [4.69, 9.17) is 0 Å². The number of rotatable bonds is 7. The number of ketones is 1. The number of benzene rings is 1. The highest BCUT2D eigenvalue weighted by Crippen LogP contribution is 2.30. The third-order valence-electron chi connectivity index (χ3n) is 4.73. The van der Waals surface area contributed by atoms with Gasteiger partial charge in [-0.25, -0.2) is 0 Å². The summed E-state index contributed by atoms with van der Waals surface area (Å²) in [7, 11) is 0. The van der Waals surface area contributed by atoms with Crippen molar-refractivity contribution in [2.24, 2.45) is 5.92 Å². The second kappa shape index (κ2) is 7.13. The lowest BCUT2D eigenvalue weighted by molar-refractivity contribution is -0.120. The molecule has 0 spiro atoms. The minimum atomic E-state index is 0.153. The van der Waals surface area contributed by atoms with Crippen molar-refractivity contribution in [2.45, 2.75) is 66.7 Å². The van der Waals surface area contributed by atoms with Crippen LogP contribution < -0.4 is 0 Å². The van der Waals surface area contributed by atoms with Crippen molar-refractivity contribution in [3.8, 4) is 0 Å². The summed E-state index contributed by atoms with van der Waals surface area (Å²) in [4.78, 5) is 15.6. The molecule has 0 aliphatic heterocycles. The van der Waals surface area contributed by atoms with E-state index < -0.39 is 0 Å². The van der Waals surface area contributed by atoms with Crippen LogP contribution in [0, 0.1) is 12.8 Å². The van der Waals surface area contributed by atoms with Gasteiger partial charge in [-0.2, -0.15) is 0 Å². The zero-order valence-corrected chi connectivity index (χ0v) is 14.7. The van der Waals surface area contributed by atoms with Crippen LogP contribution in [0.25, 0.3) is 10.9 Å². The van der Waals surface area contributed by atoms with Gasteiger partial charge in [-0.1, -0.05) is 38.8 Å². The van der Waals surface area contributed by atoms with E-state index in [-0.39, 0.29) is 5.92 Å². The molecule has 22 heavy (non-hydrogen) atoms. The standard InChI is InChI=1S/C20H29NO/c1-6-9-16(14(5)22)12-17-18-11-13(4)10-15(7-2)20(18)21-19(17)8-3/h10-11,16,21H,6-9,12H2,1-5H3. The van der Waals surface area contributed by atoms with Crippen LogP contribution in [0.1, 0.15) is 62.9 Å². The molecular formula is C20H29NO. The summed E-state index contributed by atoms with van der Waals surface area (Å²) in [5.74, 6) is 0.474. The maximum Gasteiger partial charge on any atom is 0.133 e. The Morgan fingerprint density at radius 1 is 1.18 bits per heavy atom. The molecule has 1 aromatic heterocycles. The molecule has 1 aromatic carbocycles. The first kappa shape index (κ1) is 16.8. The van der Waals surface area contributed by atoms with Crippen LogP contribution in [-0.2, 0) is 24.1 Å². The molecule has 1 N–H and O–H groups in total. The quantitative estimate of drug-likeness (QED) is 0.753. The van der Waals surface area contributed by atoms with E-state index in [1.54, 1.807) is 6.92 Å². The largest absolute Gasteiger partial charge is 0.358 e. The lowest BCUT2D eigenvalue weighted by Gasteiger charge is -2.13. The van der Waals surface area contributed by atoms with Crippen LogP contribution in [-0.4, -0.2) is 10.8 Å². The lowest BCUT2D eigenvalue weighted by atomic mass is 9.89. The molecule has 2 aromatic rings. The summed E-state index contributed by atoms with van der Waals surface area (Å²) in [6.07, 6.45) is 4.94. The molecule has 0 aliphatic carbocycles. The molecule has 0 aliphatic rings. The Kier molecular flexibility index (Phi) is 5.44. The molecule has 0 amide bonds. The average Bonchev–Trinajstić information content (AvgIpc) is 2.83. The Morgan fingerprint density at radius 3 is 2.45 bits per heavy atom. The highest BCUT2D eigenvalue weighted by molar-refractivity contribution is 5.89. The number of carbonyl (C=O) groups excluding carboxylic acids is 1. The number of nitrogens with one attached hydrogen (secondary N) is 1. The van der Waals surface area contributed by atoms with Gasteiger partial charge in [0.25, 0.3) is 0 Å². The molecule has 2 rings (SSSR count). The van der Waals surface area contributed by atoms with Gasteiger partial charge in [0.05, 0.1) is 0 Å². The fourth-order valence-corrected chi connectivity index (χ4v) is 3.49. The van der Waals surface area contributed by atoms with Crippen LogP contribution in [0.3, 0.4) is 0 Å². The maximum atomic E-state index is 12.0. The van der Waals surface area contributed by atoms with E-state index in [0.29, 0.717) is 5.78 Å². The molecule has 1 unspecified atom stereocenters. The molecule has 1 atom stereocenters. The normalized spacial score (nSPS) is 12.8. The van der Waals surface area contributed by atoms with Gasteiger partial charge in [-0.05, 0) is 56.7 Å². The molecule has 0 radical (unpaired) electrons. The second-order valence-corrected chi connectivity index (χ2v) is 6.44. The van der Waals surface area contributed by atoms with Crippen LogP contribution in [0.5, 0.6) is 0 Å². The monoisotopic (exact) mass is 299 g/mol. The summed E-state index contributed by atoms with van der Waals surface area (Å²) < 4.78 is 0. The summed E-state index contributed by atoms with van der Waals surface area (Å²) in [5.41, 5.74) is 6.63. The zero-order chi connectivity index (χ0) is 16.3. The molecular weight excluding hydrogens is 270 g/mol. The number of H-pyrrole nitrogens is 1. The third-order valence-corrected chi connectivity index (χ3v) is 4.73. The van der Waals surface area contributed by atoms with Gasteiger partial charge in [0.15, 0.2) is 0 Å². The number of aryl methyl sites for hydroxylation is 3. The summed E-state index contributed by atoms with van der Waals surface area (Å²) >= 11 is 0. The van der Waals surface area contributed by atoms with Crippen molar-refractivity contribution in [3.63, 3.8) is 0 Å². The first-order chi connectivity index (χ1) is 10.5. The molecule has 1 heterocycles. The number of hydrogen-bond donors (Lipinski definition) is 1. The molecule has 120 valence electrons. The smallest absolute Gasteiger partial charge is 0.133 e. The Balaban J connectivity index is 2.55. The van der Waals surface area contributed by atoms with Gasteiger partial charge < -0.3 is 4.98 Å². The molecule has 0 bridgehead atoms. The van der Waals surface area contributed by atoms with E-state index in [1.807, 2.05) is 0 Å². The Morgan fingerprint density at radius 2 is 1.91 bits per heavy atom. The van der Waals surface area contributed by atoms with E-state index in [9.17, 15) is 4.79 Å². The van der Waals surface area contributed by atoms with Gasteiger partial charge in [0, 0.05) is 22.5 Å². The Bertz CT molecular complexity index is 666. The first-order valence-electron chi connectivity index (χ1n) is 8.65. The van der Waals surface area contributed by atoms with Crippen LogP contribution >= 0.6 is 0 Å². The summed E-state index contributed by atoms with van der Waals surface area (Å²) in [6.45, 7) is 10.5. The van der Waals surface area contributed by atoms with Crippen molar-refractivity contribution in [1.29, 1.82) is 0 Å². The minimum absolute atomic E-state index is 0.153. The summed E-state index contributed by atoms with van der Waals surface area (Å²) in [6, 6.07) is 4.55. The van der Waals surface area contributed by atoms with E-state index in [0.717, 1.165) is 32.1 Å². The van der Waals surface area contributed by atoms with Gasteiger partial charge in [0.1, 0.15) is 5.78 Å². The fraction of sp³-hybridized carbons (Fsp3) is 0.550. The topological polar surface area (TPSA) is 32.9 Å². The SMILES string of the molecule is CCCC(Cc1c(CC)[nH]c2c(CC)cc(C)cc12)C(C)=O. The molecule has 0 saturated carbocycles. The van der Waals surface area contributed by atoms with Crippen molar-refractivity contribution in [2.75, 3.05) is 0 Å². The maximum absolute atomic E-state index is 12.0. The molecule has 2 heteroatoms. The summed E-state index contributed by atoms with van der Waals surface area (Å²) in [5, 5.41) is 1.33. The number of fused-ring (bicyclic) bond motifs is 1. The number of hydrogen-bond acceptors (Lipinski definition) is 1. The first-order valence-corrected chi connectivity index (χ1v) is 8.65. The van der Waals surface area contributed by atoms with Crippen LogP contribution in [0.15, 0.2) is 12.1 Å². The van der Waals surface area contributed by atoms with E-state index >= 15 is 0 Å². The second-order valence-electron chi connectivity index (χ2n) is 6.44. The number of aromatic nitrogens is 1. The van der Waals surface area contributed by atoms with Gasteiger partial charge >= 0.3 is 0 Å². The van der Waals surface area contributed by atoms with Crippen molar-refractivity contribution < 1.29 is 4.79 Å². The molecule has 0 saturated heterocycles. The van der Waals surface area contributed by atoms with Gasteiger partial charge in [-0.3, -0.25) is 4.79 Å². The van der Waals surface area contributed by atoms with Crippen LogP contribution in [0.4, 0.5) is 0 Å². The predicted molar refractivity (Wildman–Crippen MR) is 94.6 cm³/mol. The fourth-order valence-electron chi connectivity index (χ4n) is 3.49. The third kappa shape index (κ3) is 3.26. The lowest BCUT2D eigenvalue weighted by Crippen LogP contribution is -2.14. The van der Waals surface area contributed by atoms with Crippen LogP contribution in [0.2, 0.25) is 0 Å². The molecule has 0 fully saturated rings. The zero-order valence-electron chi connectivity index (χ0n) is 14.7. The van der Waals surface area contributed by atoms with Crippen molar-refractivity contribution >= 4 is 16.7 Å². The van der Waals surface area contributed by atoms with E-state index in [2.05, 4.69) is 44.8 Å². The predicted octanol–water partition coefficient (Wildman–Crippen LogP) is 5.15. The highest BCUT2D eigenvalue weighted by Gasteiger charge is 2.20. The Hall–Kier alpha value is -1.57.